The molecule has 0 radical (unpaired) electrons. The lowest BCUT2D eigenvalue weighted by atomic mass is 10.1. The van der Waals surface area contributed by atoms with Crippen LogP contribution in [-0.4, -0.2) is 10.2 Å². The van der Waals surface area contributed by atoms with Crippen LogP contribution in [-0.2, 0) is 0 Å². The number of hydrogen-bond donors (Lipinski definition) is 0. The minimum Gasteiger partial charge on any atom is -0.294 e. The van der Waals surface area contributed by atoms with Crippen LogP contribution in [0.2, 0.25) is 5.02 Å². The summed E-state index contributed by atoms with van der Waals surface area (Å²) in [6, 6.07) is 5.00. The Hall–Kier alpha value is -1.13. The maximum Gasteiger partial charge on any atom is 0.266 e. The number of halogens is 2. The van der Waals surface area contributed by atoms with Crippen molar-refractivity contribution in [1.82, 2.24) is 4.40 Å². The maximum atomic E-state index is 12.2. The first-order valence-electron chi connectivity index (χ1n) is 5.58. The molecule has 3 nitrogen and oxygen atoms in total. The Labute approximate surface area is 118 Å². The zero-order valence-electron chi connectivity index (χ0n) is 9.74. The molecular weight excluding hydrogens is 318 g/mol. The van der Waals surface area contributed by atoms with Crippen molar-refractivity contribution in [2.45, 2.75) is 19.8 Å². The Balaban J connectivity index is 2.75. The summed E-state index contributed by atoms with van der Waals surface area (Å²) in [7, 11) is 0. The molecule has 0 aliphatic carbocycles. The molecule has 0 N–H and O–H groups in total. The number of fused-ring (bicyclic) bond motifs is 1. The Morgan fingerprint density at radius 2 is 2.17 bits per heavy atom. The van der Waals surface area contributed by atoms with E-state index in [1.807, 2.05) is 6.92 Å². The maximum absolute atomic E-state index is 12.2. The SMILES string of the molecule is CCCC(=O)c1cc(Cl)c2ccc(Br)cn2c1=O. The fourth-order valence-corrected chi connectivity index (χ4v) is 2.39. The number of aromatic nitrogens is 1. The van der Waals surface area contributed by atoms with Crippen molar-refractivity contribution in [3.8, 4) is 0 Å². The first-order valence-corrected chi connectivity index (χ1v) is 6.75. The number of carbonyl (C=O) groups excluding carboxylic acids is 1. The standard InChI is InChI=1S/C13H11BrClNO2/c1-2-3-12(17)9-6-10(15)11-5-4-8(14)7-16(11)13(9)18/h4-7H,2-3H2,1H3. The lowest BCUT2D eigenvalue weighted by molar-refractivity contribution is 0.0980. The van der Waals surface area contributed by atoms with Crippen LogP contribution in [0.4, 0.5) is 0 Å². The van der Waals surface area contributed by atoms with Crippen LogP contribution < -0.4 is 5.56 Å². The van der Waals surface area contributed by atoms with Gasteiger partial charge in [-0.2, -0.15) is 0 Å². The minimum atomic E-state index is -0.325. The summed E-state index contributed by atoms with van der Waals surface area (Å²) in [5, 5.41) is 0.404. The van der Waals surface area contributed by atoms with E-state index in [0.29, 0.717) is 23.4 Å². The molecule has 2 aromatic rings. The van der Waals surface area contributed by atoms with Gasteiger partial charge in [-0.05, 0) is 40.5 Å². The average Bonchev–Trinajstić information content (AvgIpc) is 2.33. The molecule has 0 bridgehead atoms. The number of pyridine rings is 2. The van der Waals surface area contributed by atoms with E-state index in [1.54, 1.807) is 18.3 Å². The van der Waals surface area contributed by atoms with Crippen LogP contribution >= 0.6 is 27.5 Å². The molecule has 0 saturated heterocycles. The number of Topliss-reactive ketones (excluding diaryl/α,β-unsaturated/α-hetero) is 1. The second-order valence-corrected chi connectivity index (χ2v) is 5.31. The molecule has 2 heterocycles. The van der Waals surface area contributed by atoms with Crippen molar-refractivity contribution in [3.63, 3.8) is 0 Å². The smallest absolute Gasteiger partial charge is 0.266 e. The molecule has 2 rings (SSSR count). The summed E-state index contributed by atoms with van der Waals surface area (Å²) in [5.41, 5.74) is 0.421. The highest BCUT2D eigenvalue weighted by Gasteiger charge is 2.14. The van der Waals surface area contributed by atoms with Crippen LogP contribution in [0.25, 0.3) is 5.52 Å². The quantitative estimate of drug-likeness (QED) is 0.806. The summed E-state index contributed by atoms with van der Waals surface area (Å²) < 4.78 is 2.16. The van der Waals surface area contributed by atoms with Gasteiger partial charge in [-0.25, -0.2) is 0 Å². The van der Waals surface area contributed by atoms with E-state index < -0.39 is 0 Å². The second-order valence-electron chi connectivity index (χ2n) is 3.99. The number of hydrogen-bond acceptors (Lipinski definition) is 2. The number of ketones is 1. The normalized spacial score (nSPS) is 10.8. The molecule has 0 fully saturated rings. The van der Waals surface area contributed by atoms with Crippen LogP contribution in [0.5, 0.6) is 0 Å². The van der Waals surface area contributed by atoms with Crippen molar-refractivity contribution < 1.29 is 4.79 Å². The second kappa shape index (κ2) is 5.24. The Morgan fingerprint density at radius 3 is 2.83 bits per heavy atom. The highest BCUT2D eigenvalue weighted by molar-refractivity contribution is 9.10. The fraction of sp³-hybridized carbons (Fsp3) is 0.231. The van der Waals surface area contributed by atoms with Gasteiger partial charge in [-0.15, -0.1) is 0 Å². The third-order valence-corrected chi connectivity index (χ3v) is 3.43. The van der Waals surface area contributed by atoms with Crippen LogP contribution in [0, 0.1) is 0 Å². The van der Waals surface area contributed by atoms with Crippen molar-refractivity contribution in [1.29, 1.82) is 0 Å². The van der Waals surface area contributed by atoms with Crippen molar-refractivity contribution >= 4 is 38.8 Å². The molecule has 0 aliphatic rings. The van der Waals surface area contributed by atoms with Crippen LogP contribution in [0.3, 0.4) is 0 Å². The highest BCUT2D eigenvalue weighted by atomic mass is 79.9. The third kappa shape index (κ3) is 2.35. The first-order chi connectivity index (χ1) is 8.54. The fourth-order valence-electron chi connectivity index (χ4n) is 1.79. The summed E-state index contributed by atoms with van der Waals surface area (Å²) in [4.78, 5) is 24.1. The van der Waals surface area contributed by atoms with E-state index in [9.17, 15) is 9.59 Å². The molecule has 0 atom stereocenters. The Morgan fingerprint density at radius 1 is 1.44 bits per heavy atom. The molecule has 0 aromatic carbocycles. The van der Waals surface area contributed by atoms with E-state index in [2.05, 4.69) is 15.9 Å². The Bertz CT molecular complexity index is 678. The topological polar surface area (TPSA) is 38.5 Å². The number of carbonyl (C=O) groups is 1. The van der Waals surface area contributed by atoms with Gasteiger partial charge >= 0.3 is 0 Å². The van der Waals surface area contributed by atoms with E-state index in [-0.39, 0.29) is 16.9 Å². The first kappa shape index (κ1) is 13.3. The predicted octanol–water partition coefficient (Wildman–Crippen LogP) is 3.70. The summed E-state index contributed by atoms with van der Waals surface area (Å²) in [6.45, 7) is 1.90. The van der Waals surface area contributed by atoms with Crippen molar-refractivity contribution in [3.05, 3.63) is 49.8 Å². The highest BCUT2D eigenvalue weighted by Crippen LogP contribution is 2.20. The molecule has 5 heteroatoms. The van der Waals surface area contributed by atoms with Gasteiger partial charge in [0.1, 0.15) is 0 Å². The zero-order valence-corrected chi connectivity index (χ0v) is 12.1. The van der Waals surface area contributed by atoms with E-state index in [0.717, 1.165) is 4.47 Å². The van der Waals surface area contributed by atoms with Gasteiger partial charge in [0.15, 0.2) is 5.78 Å². The minimum absolute atomic E-state index is 0.150. The predicted molar refractivity (Wildman–Crippen MR) is 75.6 cm³/mol. The Kier molecular flexibility index (Phi) is 3.88. The van der Waals surface area contributed by atoms with Gasteiger partial charge in [-0.1, -0.05) is 18.5 Å². The monoisotopic (exact) mass is 327 g/mol. The molecule has 0 unspecified atom stereocenters. The third-order valence-electron chi connectivity index (χ3n) is 2.65. The molecule has 0 aliphatic heterocycles. The van der Waals surface area contributed by atoms with Crippen molar-refractivity contribution in [2.75, 3.05) is 0 Å². The number of nitrogens with zero attached hydrogens (tertiary/aromatic N) is 1. The van der Waals surface area contributed by atoms with E-state index in [1.165, 1.54) is 10.5 Å². The average molecular weight is 329 g/mol. The van der Waals surface area contributed by atoms with Crippen LogP contribution in [0.1, 0.15) is 30.1 Å². The van der Waals surface area contributed by atoms with Gasteiger partial charge in [0.2, 0.25) is 0 Å². The lowest BCUT2D eigenvalue weighted by Gasteiger charge is -2.06. The van der Waals surface area contributed by atoms with Gasteiger partial charge in [0.05, 0.1) is 16.1 Å². The molecule has 2 aromatic heterocycles. The molecule has 0 amide bonds. The lowest BCUT2D eigenvalue weighted by Crippen LogP contribution is -2.22. The molecule has 18 heavy (non-hydrogen) atoms. The van der Waals surface area contributed by atoms with E-state index in [4.69, 9.17) is 11.6 Å². The summed E-state index contributed by atoms with van der Waals surface area (Å²) in [5.74, 6) is -0.168. The number of rotatable bonds is 3. The van der Waals surface area contributed by atoms with Gasteiger partial charge < -0.3 is 0 Å². The molecule has 94 valence electrons. The van der Waals surface area contributed by atoms with E-state index >= 15 is 0 Å². The van der Waals surface area contributed by atoms with Gasteiger partial charge in [0.25, 0.3) is 5.56 Å². The van der Waals surface area contributed by atoms with Crippen LogP contribution in [0.15, 0.2) is 33.7 Å². The molecular formula is C13H11BrClNO2. The molecule has 0 saturated carbocycles. The van der Waals surface area contributed by atoms with Gasteiger partial charge in [-0.3, -0.25) is 14.0 Å². The zero-order chi connectivity index (χ0) is 13.3. The van der Waals surface area contributed by atoms with Gasteiger partial charge in [0, 0.05) is 17.1 Å². The summed E-state index contributed by atoms with van der Waals surface area (Å²) >= 11 is 9.40. The summed E-state index contributed by atoms with van der Waals surface area (Å²) in [6.07, 6.45) is 2.68. The molecule has 0 spiro atoms. The van der Waals surface area contributed by atoms with Crippen molar-refractivity contribution in [2.24, 2.45) is 0 Å². The largest absolute Gasteiger partial charge is 0.294 e.